The van der Waals surface area contributed by atoms with Crippen LogP contribution in [0.25, 0.3) is 0 Å². The Morgan fingerprint density at radius 1 is 1.28 bits per heavy atom. The van der Waals surface area contributed by atoms with Crippen molar-refractivity contribution < 1.29 is 38.4 Å². The van der Waals surface area contributed by atoms with Crippen LogP contribution in [0.1, 0.15) is 13.8 Å². The van der Waals surface area contributed by atoms with Gasteiger partial charge in [-0.05, 0) is 13.8 Å². The number of aromatic amines is 1. The lowest BCUT2D eigenvalue weighted by atomic mass is 10.1. The topological polar surface area (TPSA) is 158 Å². The third kappa shape index (κ3) is 2.08. The van der Waals surface area contributed by atoms with Crippen LogP contribution in [0.15, 0.2) is 18.7 Å². The van der Waals surface area contributed by atoms with Crippen LogP contribution in [0.4, 0.5) is 0 Å². The lowest BCUT2D eigenvalue weighted by Crippen LogP contribution is -2.65. The highest BCUT2D eigenvalue weighted by molar-refractivity contribution is 7.71. The van der Waals surface area contributed by atoms with Crippen molar-refractivity contribution in [1.82, 2.24) is 4.98 Å². The summed E-state index contributed by atoms with van der Waals surface area (Å²) in [6.07, 6.45) is 3.81. The second kappa shape index (κ2) is 4.25. The molecule has 0 bridgehead atoms. The number of aromatic nitrogens is 2. The summed E-state index contributed by atoms with van der Waals surface area (Å²) in [6.45, 7) is 2.14. The quantitative estimate of drug-likeness (QED) is 0.331. The van der Waals surface area contributed by atoms with Crippen molar-refractivity contribution in [2.75, 3.05) is 0 Å². The zero-order chi connectivity index (χ0) is 14.4. The Kier molecular flexibility index (Phi) is 3.66. The van der Waals surface area contributed by atoms with Crippen LogP contribution < -0.4 is 9.46 Å². The van der Waals surface area contributed by atoms with E-state index in [2.05, 4.69) is 4.98 Å². The SMILES string of the molecule is CC(C)([n+]1cc[nH]c1)[C@](O)(P(=O)([O-])O)P(=O)(O)O. The summed E-state index contributed by atoms with van der Waals surface area (Å²) >= 11 is 0. The molecule has 1 heterocycles. The molecule has 0 aliphatic rings. The lowest BCUT2D eigenvalue weighted by molar-refractivity contribution is -0.765. The molecule has 0 aliphatic carbocycles. The molecule has 0 saturated carbocycles. The van der Waals surface area contributed by atoms with Gasteiger partial charge in [-0.2, -0.15) is 0 Å². The highest BCUT2D eigenvalue weighted by Gasteiger charge is 2.66. The normalized spacial score (nSPS) is 20.2. The monoisotopic (exact) mass is 300 g/mol. The summed E-state index contributed by atoms with van der Waals surface area (Å²) in [5.41, 5.74) is -2.00. The van der Waals surface area contributed by atoms with Crippen LogP contribution in [0.2, 0.25) is 0 Å². The van der Waals surface area contributed by atoms with Crippen LogP contribution in [-0.4, -0.2) is 29.9 Å². The summed E-state index contributed by atoms with van der Waals surface area (Å²) < 4.78 is 23.6. The molecule has 0 radical (unpaired) electrons. The van der Waals surface area contributed by atoms with Crippen LogP contribution in [0.5, 0.6) is 0 Å². The largest absolute Gasteiger partial charge is 0.776 e. The molecule has 1 aromatic heterocycles. The molecule has 0 amide bonds. The van der Waals surface area contributed by atoms with Crippen molar-refractivity contribution in [3.05, 3.63) is 18.7 Å². The zero-order valence-electron chi connectivity index (χ0n) is 9.59. The first kappa shape index (κ1) is 15.5. The highest BCUT2D eigenvalue weighted by atomic mass is 31.2. The maximum Gasteiger partial charge on any atom is 0.370 e. The Balaban J connectivity index is 3.58. The molecule has 11 heteroatoms. The maximum absolute atomic E-state index is 11.3. The first-order valence-corrected chi connectivity index (χ1v) is 7.91. The predicted octanol–water partition coefficient (Wildman–Crippen LogP) is -1.59. The molecule has 18 heavy (non-hydrogen) atoms. The van der Waals surface area contributed by atoms with E-state index in [0.29, 0.717) is 0 Å². The first-order chi connectivity index (χ1) is 7.86. The van der Waals surface area contributed by atoms with Crippen molar-refractivity contribution in [3.8, 4) is 0 Å². The number of aliphatic hydroxyl groups is 1. The van der Waals surface area contributed by atoms with Gasteiger partial charge in [0.15, 0.2) is 13.1 Å². The molecular formula is C7H14N2O7P2. The van der Waals surface area contributed by atoms with Gasteiger partial charge >= 0.3 is 7.60 Å². The molecule has 0 spiro atoms. The maximum atomic E-state index is 11.3. The van der Waals surface area contributed by atoms with Crippen molar-refractivity contribution in [1.29, 1.82) is 0 Å². The van der Waals surface area contributed by atoms with Crippen LogP contribution in [0.3, 0.4) is 0 Å². The number of H-pyrrole nitrogens is 1. The fraction of sp³-hybridized carbons (Fsp3) is 0.571. The van der Waals surface area contributed by atoms with Gasteiger partial charge < -0.3 is 29.2 Å². The first-order valence-electron chi connectivity index (χ1n) is 4.72. The standard InChI is InChI=1S/C7H14N2O7P2/c1-6(2,9-4-3-8-5-9)7(10,17(11,12)13)18(14,15)16/h3-5,10H,1-2H3,(H4,11,12,13,14,15,16). The molecule has 104 valence electrons. The van der Waals surface area contributed by atoms with Crippen LogP contribution in [0, 0.1) is 0 Å². The summed E-state index contributed by atoms with van der Waals surface area (Å²) in [4.78, 5) is 41.1. The molecule has 0 fully saturated rings. The number of nitrogens with one attached hydrogen (secondary N) is 1. The van der Waals surface area contributed by atoms with E-state index >= 15 is 0 Å². The number of imidazole rings is 1. The summed E-state index contributed by atoms with van der Waals surface area (Å²) in [7, 11) is -11.3. The molecule has 0 aliphatic heterocycles. The van der Waals surface area contributed by atoms with E-state index in [4.69, 9.17) is 14.7 Å². The Labute approximate surface area is 102 Å². The number of rotatable bonds is 4. The number of hydrogen-bond donors (Lipinski definition) is 5. The molecule has 0 saturated heterocycles. The Morgan fingerprint density at radius 3 is 2.06 bits per heavy atom. The van der Waals surface area contributed by atoms with Gasteiger partial charge in [-0.15, -0.1) is 0 Å². The van der Waals surface area contributed by atoms with Gasteiger partial charge in [0.1, 0.15) is 12.4 Å². The zero-order valence-corrected chi connectivity index (χ0v) is 11.4. The minimum Gasteiger partial charge on any atom is -0.776 e. The second-order valence-electron chi connectivity index (χ2n) is 4.28. The summed E-state index contributed by atoms with van der Waals surface area (Å²) in [5, 5.41) is 6.32. The van der Waals surface area contributed by atoms with E-state index in [9.17, 15) is 19.1 Å². The fourth-order valence-corrected chi connectivity index (χ4v) is 4.63. The fourth-order valence-electron chi connectivity index (χ4n) is 1.68. The molecule has 1 unspecified atom stereocenters. The van der Waals surface area contributed by atoms with Crippen LogP contribution in [-0.2, 0) is 14.7 Å². The van der Waals surface area contributed by atoms with Gasteiger partial charge in [0.25, 0.3) is 5.08 Å². The van der Waals surface area contributed by atoms with Crippen molar-refractivity contribution in [2.45, 2.75) is 24.5 Å². The molecule has 5 N–H and O–H groups in total. The third-order valence-electron chi connectivity index (χ3n) is 2.81. The lowest BCUT2D eigenvalue weighted by Gasteiger charge is -2.44. The number of hydrogen-bond acceptors (Lipinski definition) is 4. The van der Waals surface area contributed by atoms with Gasteiger partial charge in [0, 0.05) is 0 Å². The molecule has 9 nitrogen and oxygen atoms in total. The smallest absolute Gasteiger partial charge is 0.370 e. The summed E-state index contributed by atoms with van der Waals surface area (Å²) in [6, 6.07) is 0. The van der Waals surface area contributed by atoms with Crippen LogP contribution >= 0.6 is 15.2 Å². The van der Waals surface area contributed by atoms with Gasteiger partial charge in [-0.1, -0.05) is 0 Å². The molecule has 0 aromatic carbocycles. The van der Waals surface area contributed by atoms with Gasteiger partial charge in [-0.25, -0.2) is 4.57 Å². The molecular weight excluding hydrogens is 286 g/mol. The molecule has 1 aromatic rings. The van der Waals surface area contributed by atoms with E-state index in [1.165, 1.54) is 18.7 Å². The summed E-state index contributed by atoms with van der Waals surface area (Å²) in [5.74, 6) is 0. The minimum absolute atomic E-state index is 1.03. The Hall–Kier alpha value is -0.530. The van der Waals surface area contributed by atoms with E-state index in [1.807, 2.05) is 0 Å². The Morgan fingerprint density at radius 2 is 1.78 bits per heavy atom. The van der Waals surface area contributed by atoms with E-state index in [-0.39, 0.29) is 0 Å². The Bertz CT molecular complexity index is 492. The third-order valence-corrected chi connectivity index (χ3v) is 7.05. The molecule has 1 rings (SSSR count). The van der Waals surface area contributed by atoms with E-state index in [0.717, 1.165) is 18.4 Å². The van der Waals surface area contributed by atoms with Gasteiger partial charge in [-0.3, -0.25) is 9.55 Å². The predicted molar refractivity (Wildman–Crippen MR) is 57.1 cm³/mol. The van der Waals surface area contributed by atoms with Crippen molar-refractivity contribution in [3.63, 3.8) is 0 Å². The highest BCUT2D eigenvalue weighted by Crippen LogP contribution is 2.70. The number of nitrogens with zero attached hydrogens (tertiary/aromatic N) is 1. The minimum atomic E-state index is -5.76. The van der Waals surface area contributed by atoms with E-state index < -0.39 is 25.8 Å². The van der Waals surface area contributed by atoms with Gasteiger partial charge in [0.05, 0.1) is 0 Å². The molecule has 2 atom stereocenters. The average Bonchev–Trinajstić information content (AvgIpc) is 2.65. The van der Waals surface area contributed by atoms with Gasteiger partial charge in [0.2, 0.25) is 6.33 Å². The average molecular weight is 300 g/mol. The van der Waals surface area contributed by atoms with Crippen molar-refractivity contribution >= 4 is 15.2 Å². The second-order valence-corrected chi connectivity index (χ2v) is 8.05. The van der Waals surface area contributed by atoms with Crippen molar-refractivity contribution in [2.24, 2.45) is 0 Å². The van der Waals surface area contributed by atoms with E-state index in [1.54, 1.807) is 0 Å².